The molecule has 3 N–H and O–H groups in total. The minimum Gasteiger partial charge on any atom is -0.378 e. The van der Waals surface area contributed by atoms with E-state index >= 15 is 0 Å². The van der Waals surface area contributed by atoms with E-state index in [-0.39, 0.29) is 5.43 Å². The fourth-order valence-electron chi connectivity index (χ4n) is 3.53. The van der Waals surface area contributed by atoms with Crippen LogP contribution in [0.15, 0.2) is 39.9 Å². The summed E-state index contributed by atoms with van der Waals surface area (Å²) in [6.07, 6.45) is 3.68. The molecule has 0 aliphatic carbocycles. The lowest BCUT2D eigenvalue weighted by molar-refractivity contribution is 0.122. The van der Waals surface area contributed by atoms with Gasteiger partial charge in [-0.2, -0.15) is 5.10 Å². The van der Waals surface area contributed by atoms with Gasteiger partial charge in [0.05, 0.1) is 30.4 Å². The first-order chi connectivity index (χ1) is 12.7. The van der Waals surface area contributed by atoms with Crippen molar-refractivity contribution in [1.82, 2.24) is 20.2 Å². The van der Waals surface area contributed by atoms with Gasteiger partial charge < -0.3 is 19.6 Å². The number of nitrogens with zero attached hydrogens (tertiary/aromatic N) is 2. The molecule has 0 amide bonds. The maximum absolute atomic E-state index is 12.6. The molecule has 8 heteroatoms. The Kier molecular flexibility index (Phi) is 3.61. The monoisotopic (exact) mass is 413 g/mol. The topological polar surface area (TPSA) is 89.8 Å². The first-order valence-electron chi connectivity index (χ1n) is 8.41. The number of ether oxygens (including phenoxy) is 1. The van der Waals surface area contributed by atoms with E-state index in [1.54, 1.807) is 12.3 Å². The first-order valence-corrected chi connectivity index (χ1v) is 9.21. The minimum absolute atomic E-state index is 0.0213. The third-order valence-electron chi connectivity index (χ3n) is 4.85. The van der Waals surface area contributed by atoms with Crippen molar-refractivity contribution in [3.05, 3.63) is 45.3 Å². The van der Waals surface area contributed by atoms with E-state index in [1.807, 2.05) is 18.3 Å². The second-order valence-corrected chi connectivity index (χ2v) is 7.18. The molecule has 5 rings (SSSR count). The van der Waals surface area contributed by atoms with E-state index in [4.69, 9.17) is 4.74 Å². The van der Waals surface area contributed by atoms with Gasteiger partial charge in [0.15, 0.2) is 0 Å². The molecular weight excluding hydrogens is 398 g/mol. The molecule has 7 nitrogen and oxygen atoms in total. The summed E-state index contributed by atoms with van der Waals surface area (Å²) in [6.45, 7) is 2.88. The Hall–Kier alpha value is -2.58. The largest absolute Gasteiger partial charge is 0.378 e. The Morgan fingerprint density at radius 1 is 1.12 bits per heavy atom. The molecule has 0 unspecified atom stereocenters. The third kappa shape index (κ3) is 2.37. The highest BCUT2D eigenvalue weighted by atomic mass is 79.9. The van der Waals surface area contributed by atoms with Crippen LogP contribution in [0.1, 0.15) is 0 Å². The second-order valence-electron chi connectivity index (χ2n) is 6.32. The van der Waals surface area contributed by atoms with Gasteiger partial charge in [-0.15, -0.1) is 0 Å². The predicted molar refractivity (Wildman–Crippen MR) is 105 cm³/mol. The van der Waals surface area contributed by atoms with Gasteiger partial charge in [-0.05, 0) is 27.6 Å². The van der Waals surface area contributed by atoms with Crippen molar-refractivity contribution >= 4 is 43.7 Å². The maximum atomic E-state index is 12.6. The number of pyridine rings is 1. The number of benzene rings is 1. The molecule has 3 aromatic heterocycles. The number of fused-ring (bicyclic) bond motifs is 2. The van der Waals surface area contributed by atoms with E-state index in [0.29, 0.717) is 18.7 Å². The highest BCUT2D eigenvalue weighted by molar-refractivity contribution is 9.10. The van der Waals surface area contributed by atoms with Gasteiger partial charge in [0, 0.05) is 40.8 Å². The molecule has 1 aromatic carbocycles. The smallest absolute Gasteiger partial charge is 0.207 e. The van der Waals surface area contributed by atoms with Crippen LogP contribution in [0.3, 0.4) is 0 Å². The van der Waals surface area contributed by atoms with Gasteiger partial charge in [-0.3, -0.25) is 9.89 Å². The number of aromatic nitrogens is 4. The molecular formula is C18H16BrN5O2. The van der Waals surface area contributed by atoms with Crippen LogP contribution in [0.2, 0.25) is 0 Å². The maximum Gasteiger partial charge on any atom is 0.207 e. The Morgan fingerprint density at radius 2 is 1.96 bits per heavy atom. The molecule has 0 bridgehead atoms. The lowest BCUT2D eigenvalue weighted by atomic mass is 10.0. The summed E-state index contributed by atoms with van der Waals surface area (Å²) >= 11 is 3.54. The molecule has 0 radical (unpaired) electrons. The number of H-pyrrole nitrogens is 3. The average Bonchev–Trinajstić information content (AvgIpc) is 3.31. The third-order valence-corrected chi connectivity index (χ3v) is 5.51. The molecule has 0 spiro atoms. The quantitative estimate of drug-likeness (QED) is 0.471. The zero-order valence-electron chi connectivity index (χ0n) is 13.8. The zero-order valence-corrected chi connectivity index (χ0v) is 15.4. The number of halogens is 1. The summed E-state index contributed by atoms with van der Waals surface area (Å²) in [5.41, 5.74) is 4.26. The molecule has 4 aromatic rings. The van der Waals surface area contributed by atoms with E-state index in [2.05, 4.69) is 41.0 Å². The van der Waals surface area contributed by atoms with E-state index in [1.165, 1.54) is 0 Å². The van der Waals surface area contributed by atoms with Crippen molar-refractivity contribution in [2.75, 3.05) is 31.2 Å². The van der Waals surface area contributed by atoms with Gasteiger partial charge in [0.1, 0.15) is 11.3 Å². The lowest BCUT2D eigenvalue weighted by Crippen LogP contribution is -2.37. The van der Waals surface area contributed by atoms with Crippen LogP contribution in [-0.4, -0.2) is 46.5 Å². The molecule has 1 aliphatic heterocycles. The van der Waals surface area contributed by atoms with Crippen LogP contribution in [0.5, 0.6) is 0 Å². The number of hydrogen-bond acceptors (Lipinski definition) is 4. The van der Waals surface area contributed by atoms with Crippen molar-refractivity contribution in [3.8, 4) is 11.1 Å². The molecule has 0 saturated carbocycles. The van der Waals surface area contributed by atoms with Crippen molar-refractivity contribution < 1.29 is 4.74 Å². The Balaban J connectivity index is 1.73. The highest BCUT2D eigenvalue weighted by Gasteiger charge is 2.18. The van der Waals surface area contributed by atoms with Crippen molar-refractivity contribution in [2.24, 2.45) is 0 Å². The molecule has 26 heavy (non-hydrogen) atoms. The number of aromatic amines is 3. The summed E-state index contributed by atoms with van der Waals surface area (Å²) in [5.74, 6) is 0.826. The van der Waals surface area contributed by atoms with Gasteiger partial charge in [0.25, 0.3) is 0 Å². The molecule has 1 saturated heterocycles. The average molecular weight is 414 g/mol. The first kappa shape index (κ1) is 15.7. The van der Waals surface area contributed by atoms with Gasteiger partial charge >= 0.3 is 0 Å². The van der Waals surface area contributed by atoms with Crippen molar-refractivity contribution in [1.29, 1.82) is 0 Å². The zero-order chi connectivity index (χ0) is 17.7. The van der Waals surface area contributed by atoms with Gasteiger partial charge in [-0.25, -0.2) is 0 Å². The number of nitrogens with one attached hydrogen (secondary N) is 3. The number of morpholine rings is 1. The van der Waals surface area contributed by atoms with E-state index < -0.39 is 0 Å². The predicted octanol–water partition coefficient (Wildman–Crippen LogP) is 3.00. The lowest BCUT2D eigenvalue weighted by Gasteiger charge is -2.28. The van der Waals surface area contributed by atoms with Crippen LogP contribution in [0.25, 0.3) is 33.1 Å². The standard InChI is InChI=1S/C18H16BrN5O2/c19-13-2-1-10(12-9-21-23-16(12)13)11-8-20-18-14(25)7-15(22-17(11)18)24-3-5-26-6-4-24/h1-2,7-9,20H,3-6H2,(H,21,23)(H,22,25). The molecule has 1 fully saturated rings. The van der Waals surface area contributed by atoms with Crippen LogP contribution >= 0.6 is 15.9 Å². The normalized spacial score (nSPS) is 15.2. The summed E-state index contributed by atoms with van der Waals surface area (Å²) in [5, 5.41) is 8.17. The fourth-order valence-corrected chi connectivity index (χ4v) is 3.97. The van der Waals surface area contributed by atoms with Crippen LogP contribution in [0, 0.1) is 0 Å². The Morgan fingerprint density at radius 3 is 2.81 bits per heavy atom. The number of rotatable bonds is 2. The summed E-state index contributed by atoms with van der Waals surface area (Å²) < 4.78 is 6.37. The molecule has 132 valence electrons. The van der Waals surface area contributed by atoms with Crippen molar-refractivity contribution in [3.63, 3.8) is 0 Å². The van der Waals surface area contributed by atoms with Gasteiger partial charge in [-0.1, -0.05) is 6.07 Å². The number of anilines is 1. The molecule has 4 heterocycles. The second kappa shape index (κ2) is 6.00. The number of hydrogen-bond donors (Lipinski definition) is 3. The van der Waals surface area contributed by atoms with Crippen LogP contribution in [-0.2, 0) is 4.74 Å². The fraction of sp³-hybridized carbons (Fsp3) is 0.222. The molecule has 1 aliphatic rings. The highest BCUT2D eigenvalue weighted by Crippen LogP contribution is 2.35. The summed E-state index contributed by atoms with van der Waals surface area (Å²) in [6, 6.07) is 5.67. The molecule has 0 atom stereocenters. The summed E-state index contributed by atoms with van der Waals surface area (Å²) in [4.78, 5) is 21.3. The minimum atomic E-state index is -0.0213. The van der Waals surface area contributed by atoms with E-state index in [9.17, 15) is 4.79 Å². The SMILES string of the molecule is O=c1cc(N2CCOCC2)[nH]c2c(-c3ccc(Br)c4[nH]ncc34)c[nH]c12. The van der Waals surface area contributed by atoms with E-state index in [0.717, 1.165) is 50.9 Å². The Labute approximate surface area is 156 Å². The van der Waals surface area contributed by atoms with Crippen LogP contribution in [0.4, 0.5) is 5.82 Å². The van der Waals surface area contributed by atoms with Crippen LogP contribution < -0.4 is 10.3 Å². The van der Waals surface area contributed by atoms with Gasteiger partial charge in [0.2, 0.25) is 5.43 Å². The van der Waals surface area contributed by atoms with Crippen molar-refractivity contribution in [2.45, 2.75) is 0 Å². The Bertz CT molecular complexity index is 1170. The summed E-state index contributed by atoms with van der Waals surface area (Å²) in [7, 11) is 0.